The van der Waals surface area contributed by atoms with Gasteiger partial charge in [-0.2, -0.15) is 0 Å². The number of ether oxygens (including phenoxy) is 1. The Kier molecular flexibility index (Phi) is 10.3. The zero-order chi connectivity index (χ0) is 27.6. The highest BCUT2D eigenvalue weighted by Crippen LogP contribution is 2.31. The van der Waals surface area contributed by atoms with Crippen molar-refractivity contribution in [1.29, 1.82) is 0 Å². The highest BCUT2D eigenvalue weighted by Gasteiger charge is 2.25. The minimum atomic E-state index is -0.604. The molecule has 0 heterocycles. The third-order valence-corrected chi connectivity index (χ3v) is 4.91. The lowest BCUT2D eigenvalue weighted by atomic mass is 10.0. The second-order valence-corrected chi connectivity index (χ2v) is 10.0. The number of nitrogens with two attached hydrogens (primary N) is 2. The number of nitrogens with zero attached hydrogens (tertiary/aromatic N) is 1. The molecule has 0 spiro atoms. The van der Waals surface area contributed by atoms with Crippen LogP contribution in [0.3, 0.4) is 0 Å². The summed E-state index contributed by atoms with van der Waals surface area (Å²) in [5.41, 5.74) is 18.2. The van der Waals surface area contributed by atoms with Crippen molar-refractivity contribution < 1.29 is 9.53 Å². The summed E-state index contributed by atoms with van der Waals surface area (Å²) < 4.78 is 5.61. The highest BCUT2D eigenvalue weighted by molar-refractivity contribution is 5.96. The number of nitrogen functional groups attached to an aromatic ring is 2. The first-order chi connectivity index (χ1) is 17.4. The fourth-order valence-electron chi connectivity index (χ4n) is 3.17. The molecule has 0 atom stereocenters. The lowest BCUT2D eigenvalue weighted by Gasteiger charge is -2.27. The molecule has 0 unspecified atom stereocenters. The van der Waals surface area contributed by atoms with Gasteiger partial charge in [0.15, 0.2) is 0 Å². The molecule has 0 radical (unpaired) electrons. The van der Waals surface area contributed by atoms with Gasteiger partial charge in [0.05, 0.1) is 11.4 Å². The van der Waals surface area contributed by atoms with E-state index < -0.39 is 11.7 Å². The summed E-state index contributed by atoms with van der Waals surface area (Å²) in [7, 11) is 0. The highest BCUT2D eigenvalue weighted by atomic mass is 16.6. The molecule has 0 aromatic heterocycles. The second-order valence-electron chi connectivity index (χ2n) is 10.0. The van der Waals surface area contributed by atoms with E-state index in [9.17, 15) is 4.79 Å². The molecule has 0 bridgehead atoms. The Morgan fingerprint density at radius 1 is 0.784 bits per heavy atom. The van der Waals surface area contributed by atoms with Gasteiger partial charge in [0.2, 0.25) is 0 Å². The number of rotatable bonds is 5. The fraction of sp³-hybridized carbons (Fsp3) is 0.219. The van der Waals surface area contributed by atoms with Gasteiger partial charge in [0.25, 0.3) is 0 Å². The van der Waals surface area contributed by atoms with Crippen molar-refractivity contribution in [3.8, 4) is 11.1 Å². The predicted octanol–water partition coefficient (Wildman–Crippen LogP) is 8.68. The maximum Gasteiger partial charge on any atom is 0.419 e. The average Bonchev–Trinajstić information content (AvgIpc) is 2.80. The Labute approximate surface area is 221 Å². The monoisotopic (exact) mass is 497 g/mol. The normalized spacial score (nSPS) is 10.8. The van der Waals surface area contributed by atoms with Gasteiger partial charge in [0, 0.05) is 11.4 Å². The third kappa shape index (κ3) is 10.1. The van der Waals surface area contributed by atoms with Gasteiger partial charge >= 0.3 is 6.09 Å². The Balaban J connectivity index is 0.000000458. The largest absolute Gasteiger partial charge is 0.443 e. The molecule has 5 nitrogen and oxygen atoms in total. The van der Waals surface area contributed by atoms with E-state index in [-0.39, 0.29) is 0 Å². The smallest absolute Gasteiger partial charge is 0.419 e. The van der Waals surface area contributed by atoms with E-state index in [1.54, 1.807) is 24.3 Å². The molecule has 1 amide bonds. The number of hydrogen-bond donors (Lipinski definition) is 2. The average molecular weight is 498 g/mol. The van der Waals surface area contributed by atoms with Gasteiger partial charge in [-0.1, -0.05) is 60.2 Å². The van der Waals surface area contributed by atoms with Crippen molar-refractivity contribution in [2.45, 2.75) is 47.1 Å². The van der Waals surface area contributed by atoms with Crippen molar-refractivity contribution in [2.75, 3.05) is 16.4 Å². The molecule has 3 aromatic carbocycles. The molecule has 0 aliphatic rings. The molecule has 3 aromatic rings. The molecule has 5 heteroatoms. The first-order valence-electron chi connectivity index (χ1n) is 12.2. The third-order valence-electron chi connectivity index (χ3n) is 4.91. The van der Waals surface area contributed by atoms with Gasteiger partial charge in [-0.3, -0.25) is 0 Å². The van der Waals surface area contributed by atoms with E-state index in [0.29, 0.717) is 17.1 Å². The topological polar surface area (TPSA) is 81.6 Å². The molecule has 194 valence electrons. The SMILES string of the molecule is C=C(C)/C=C\C=C(C)C.CC(C)(C)OC(=O)N(c1ccc(N)cc1)c1ccc(-c2ccc(N)cc2)cc1. The summed E-state index contributed by atoms with van der Waals surface area (Å²) in [5.74, 6) is 0. The minimum Gasteiger partial charge on any atom is -0.443 e. The molecule has 0 aliphatic heterocycles. The number of carbonyl (C=O) groups is 1. The van der Waals surface area contributed by atoms with E-state index in [1.165, 1.54) is 10.5 Å². The number of allylic oxidation sites excluding steroid dienone is 5. The van der Waals surface area contributed by atoms with E-state index in [4.69, 9.17) is 16.2 Å². The lowest BCUT2D eigenvalue weighted by Crippen LogP contribution is -2.33. The predicted molar refractivity (Wildman–Crippen MR) is 159 cm³/mol. The fourth-order valence-corrected chi connectivity index (χ4v) is 3.17. The zero-order valence-corrected chi connectivity index (χ0v) is 22.8. The summed E-state index contributed by atoms with van der Waals surface area (Å²) in [6, 6.07) is 22.5. The first-order valence-corrected chi connectivity index (χ1v) is 12.2. The quantitative estimate of drug-likeness (QED) is 0.273. The van der Waals surface area contributed by atoms with Gasteiger partial charge in [0.1, 0.15) is 5.60 Å². The van der Waals surface area contributed by atoms with Crippen LogP contribution in [0.25, 0.3) is 11.1 Å². The summed E-state index contributed by atoms with van der Waals surface area (Å²) in [6.45, 7) is 15.4. The summed E-state index contributed by atoms with van der Waals surface area (Å²) >= 11 is 0. The Morgan fingerprint density at radius 2 is 1.19 bits per heavy atom. The van der Waals surface area contributed by atoms with Gasteiger partial charge in [-0.05, 0) is 101 Å². The molecular weight excluding hydrogens is 458 g/mol. The van der Waals surface area contributed by atoms with Crippen LogP contribution in [0.4, 0.5) is 27.5 Å². The number of hydrogen-bond acceptors (Lipinski definition) is 4. The zero-order valence-electron chi connectivity index (χ0n) is 22.8. The number of carbonyl (C=O) groups excluding carboxylic acids is 1. The van der Waals surface area contributed by atoms with Crippen LogP contribution in [0.1, 0.15) is 41.5 Å². The van der Waals surface area contributed by atoms with Crippen LogP contribution >= 0.6 is 0 Å². The molecule has 4 N–H and O–H groups in total. The Morgan fingerprint density at radius 3 is 1.59 bits per heavy atom. The van der Waals surface area contributed by atoms with Crippen LogP contribution in [-0.2, 0) is 4.74 Å². The second kappa shape index (κ2) is 13.2. The van der Waals surface area contributed by atoms with Crippen molar-refractivity contribution in [3.05, 3.63) is 109 Å². The van der Waals surface area contributed by atoms with Crippen molar-refractivity contribution in [3.63, 3.8) is 0 Å². The molecular formula is C32H39N3O2. The van der Waals surface area contributed by atoms with E-state index in [2.05, 4.69) is 26.5 Å². The molecule has 37 heavy (non-hydrogen) atoms. The van der Waals surface area contributed by atoms with Crippen LogP contribution < -0.4 is 16.4 Å². The van der Waals surface area contributed by atoms with E-state index in [0.717, 1.165) is 22.4 Å². The Hall–Kier alpha value is -4.25. The lowest BCUT2D eigenvalue weighted by molar-refractivity contribution is 0.0599. The summed E-state index contributed by atoms with van der Waals surface area (Å²) in [5, 5.41) is 0. The van der Waals surface area contributed by atoms with Crippen molar-refractivity contribution >= 4 is 28.8 Å². The summed E-state index contributed by atoms with van der Waals surface area (Å²) in [6.07, 6.45) is 5.62. The molecule has 0 aliphatic carbocycles. The van der Waals surface area contributed by atoms with Crippen LogP contribution in [0, 0.1) is 0 Å². The van der Waals surface area contributed by atoms with Gasteiger partial charge < -0.3 is 16.2 Å². The molecule has 0 saturated carbocycles. The van der Waals surface area contributed by atoms with Gasteiger partial charge in [-0.25, -0.2) is 9.69 Å². The van der Waals surface area contributed by atoms with Crippen LogP contribution in [-0.4, -0.2) is 11.7 Å². The standard InChI is InChI=1S/C23H25N3O2.C9H14/c1-23(2,3)28-22(27)26(21-14-10-19(25)11-15-21)20-12-6-17(7-13-20)16-4-8-18(24)9-5-16;1-8(2)6-5-7-9(3)4/h4-15H,24-25H2,1-3H3;5-7H,1H2,2-4H3/b;6-5-. The molecule has 3 rings (SSSR count). The maximum atomic E-state index is 12.9. The minimum absolute atomic E-state index is 0.447. The van der Waals surface area contributed by atoms with Crippen LogP contribution in [0.15, 0.2) is 109 Å². The van der Waals surface area contributed by atoms with Crippen molar-refractivity contribution in [2.24, 2.45) is 0 Å². The number of amides is 1. The molecule has 0 saturated heterocycles. The van der Waals surface area contributed by atoms with Gasteiger partial charge in [-0.15, -0.1) is 0 Å². The van der Waals surface area contributed by atoms with Crippen LogP contribution in [0.5, 0.6) is 0 Å². The number of anilines is 4. The number of benzene rings is 3. The van der Waals surface area contributed by atoms with E-state index in [1.807, 2.05) is 88.4 Å². The maximum absolute atomic E-state index is 12.9. The van der Waals surface area contributed by atoms with Crippen molar-refractivity contribution in [1.82, 2.24) is 0 Å². The summed E-state index contributed by atoms with van der Waals surface area (Å²) in [4.78, 5) is 14.4. The van der Waals surface area contributed by atoms with E-state index >= 15 is 0 Å². The van der Waals surface area contributed by atoms with Crippen LogP contribution in [0.2, 0.25) is 0 Å². The molecule has 0 fully saturated rings. The Bertz CT molecular complexity index is 1230. The first kappa shape index (κ1) is 29.0.